The van der Waals surface area contributed by atoms with Crippen LogP contribution in [-0.4, -0.2) is 48.6 Å². The maximum Gasteiger partial charge on any atom is 0.131 e. The van der Waals surface area contributed by atoms with Crippen LogP contribution in [0.1, 0.15) is 19.4 Å². The second-order valence-corrected chi connectivity index (χ2v) is 5.44. The van der Waals surface area contributed by atoms with E-state index in [1.165, 1.54) is 5.56 Å². The molecule has 2 unspecified atom stereocenters. The average molecular weight is 248 g/mol. The highest BCUT2D eigenvalue weighted by Crippen LogP contribution is 2.21. The Hall–Kier alpha value is -1.13. The highest BCUT2D eigenvalue weighted by Gasteiger charge is 2.23. The van der Waals surface area contributed by atoms with Gasteiger partial charge in [-0.05, 0) is 38.9 Å². The van der Waals surface area contributed by atoms with E-state index in [0.717, 1.165) is 31.9 Å². The van der Waals surface area contributed by atoms with Gasteiger partial charge in [0.1, 0.15) is 5.82 Å². The molecule has 0 radical (unpaired) electrons. The van der Waals surface area contributed by atoms with Crippen LogP contribution in [0.25, 0.3) is 0 Å². The minimum atomic E-state index is 0.179. The number of likely N-dealkylation sites (N-methyl/N-ethyl adjacent to an activating group) is 1. The first-order chi connectivity index (χ1) is 8.58. The molecule has 1 fully saturated rings. The molecule has 4 heteroatoms. The summed E-state index contributed by atoms with van der Waals surface area (Å²) in [4.78, 5) is 9.35. The maximum atomic E-state index is 5.92. The van der Waals surface area contributed by atoms with E-state index in [0.29, 0.717) is 6.04 Å². The zero-order chi connectivity index (χ0) is 13.1. The molecule has 0 saturated carbocycles. The summed E-state index contributed by atoms with van der Waals surface area (Å²) in [6, 6.07) is 4.90. The fourth-order valence-corrected chi connectivity index (χ4v) is 2.46. The lowest BCUT2D eigenvalue weighted by atomic mass is 10.1. The summed E-state index contributed by atoms with van der Waals surface area (Å²) in [6.45, 7) is 7.49. The largest absolute Gasteiger partial charge is 0.354 e. The maximum absolute atomic E-state index is 5.92. The van der Waals surface area contributed by atoms with Crippen LogP contribution in [0.2, 0.25) is 0 Å². The van der Waals surface area contributed by atoms with E-state index in [1.54, 1.807) is 0 Å². The second-order valence-electron chi connectivity index (χ2n) is 5.44. The van der Waals surface area contributed by atoms with Crippen LogP contribution in [0.15, 0.2) is 18.3 Å². The lowest BCUT2D eigenvalue weighted by Crippen LogP contribution is -2.50. The van der Waals surface area contributed by atoms with Gasteiger partial charge in [-0.15, -0.1) is 0 Å². The number of aromatic nitrogens is 1. The Balaban J connectivity index is 2.17. The summed E-state index contributed by atoms with van der Waals surface area (Å²) in [6.07, 6.45) is 2.77. The molecule has 100 valence electrons. The molecule has 2 atom stereocenters. The Labute approximate surface area is 110 Å². The molecule has 0 bridgehead atoms. The number of nitrogens with zero attached hydrogens (tertiary/aromatic N) is 3. The Kier molecular flexibility index (Phi) is 4.19. The van der Waals surface area contributed by atoms with Crippen LogP contribution >= 0.6 is 0 Å². The average Bonchev–Trinajstić information content (AvgIpc) is 2.33. The zero-order valence-electron chi connectivity index (χ0n) is 11.6. The molecule has 0 amide bonds. The standard InChI is InChI=1S/C14H24N4/c1-11(15)9-13-5-4-6-16-14(13)18-8-7-17(3)12(2)10-18/h4-6,11-12H,7-10,15H2,1-3H3. The van der Waals surface area contributed by atoms with Gasteiger partial charge in [-0.3, -0.25) is 0 Å². The molecule has 0 aromatic carbocycles. The minimum Gasteiger partial charge on any atom is -0.354 e. The van der Waals surface area contributed by atoms with Crippen LogP contribution in [-0.2, 0) is 6.42 Å². The Morgan fingerprint density at radius 3 is 2.94 bits per heavy atom. The van der Waals surface area contributed by atoms with Crippen LogP contribution in [0.3, 0.4) is 0 Å². The third kappa shape index (κ3) is 3.00. The molecule has 1 aromatic heterocycles. The van der Waals surface area contributed by atoms with Crippen molar-refractivity contribution in [1.29, 1.82) is 0 Å². The Morgan fingerprint density at radius 1 is 1.50 bits per heavy atom. The van der Waals surface area contributed by atoms with Gasteiger partial charge in [0.15, 0.2) is 0 Å². The molecule has 2 N–H and O–H groups in total. The van der Waals surface area contributed by atoms with Gasteiger partial charge < -0.3 is 15.5 Å². The van der Waals surface area contributed by atoms with Crippen LogP contribution in [0.5, 0.6) is 0 Å². The van der Waals surface area contributed by atoms with Crippen molar-refractivity contribution in [3.05, 3.63) is 23.9 Å². The van der Waals surface area contributed by atoms with Crippen molar-refractivity contribution in [3.63, 3.8) is 0 Å². The highest BCUT2D eigenvalue weighted by molar-refractivity contribution is 5.47. The van der Waals surface area contributed by atoms with Crippen molar-refractivity contribution >= 4 is 5.82 Å². The van der Waals surface area contributed by atoms with Gasteiger partial charge in [0, 0.05) is 37.9 Å². The number of hydrogen-bond donors (Lipinski definition) is 1. The highest BCUT2D eigenvalue weighted by atomic mass is 15.3. The van der Waals surface area contributed by atoms with Crippen LogP contribution < -0.4 is 10.6 Å². The fourth-order valence-electron chi connectivity index (χ4n) is 2.46. The van der Waals surface area contributed by atoms with Crippen molar-refractivity contribution in [1.82, 2.24) is 9.88 Å². The van der Waals surface area contributed by atoms with Gasteiger partial charge in [0.25, 0.3) is 0 Å². The van der Waals surface area contributed by atoms with Crippen molar-refractivity contribution in [2.24, 2.45) is 5.73 Å². The molecular weight excluding hydrogens is 224 g/mol. The normalized spacial score (nSPS) is 23.1. The van der Waals surface area contributed by atoms with E-state index < -0.39 is 0 Å². The molecule has 18 heavy (non-hydrogen) atoms. The number of nitrogens with two attached hydrogens (primary N) is 1. The molecule has 1 aliphatic heterocycles. The van der Waals surface area contributed by atoms with Gasteiger partial charge in [0.2, 0.25) is 0 Å². The summed E-state index contributed by atoms with van der Waals surface area (Å²) in [5, 5.41) is 0. The summed E-state index contributed by atoms with van der Waals surface area (Å²) in [5.41, 5.74) is 7.19. The summed E-state index contributed by atoms with van der Waals surface area (Å²) >= 11 is 0. The van der Waals surface area contributed by atoms with Gasteiger partial charge >= 0.3 is 0 Å². The van der Waals surface area contributed by atoms with Crippen LogP contribution in [0, 0.1) is 0 Å². The summed E-state index contributed by atoms with van der Waals surface area (Å²) < 4.78 is 0. The molecule has 2 rings (SSSR count). The predicted octanol–water partition coefficient (Wildman–Crippen LogP) is 1.11. The van der Waals surface area contributed by atoms with Gasteiger partial charge in [0.05, 0.1) is 0 Å². The summed E-state index contributed by atoms with van der Waals surface area (Å²) in [7, 11) is 2.18. The van der Waals surface area contributed by atoms with E-state index in [4.69, 9.17) is 5.73 Å². The van der Waals surface area contributed by atoms with Gasteiger partial charge in [-0.2, -0.15) is 0 Å². The minimum absolute atomic E-state index is 0.179. The molecule has 0 spiro atoms. The molecule has 2 heterocycles. The number of piperazine rings is 1. The number of rotatable bonds is 3. The smallest absolute Gasteiger partial charge is 0.131 e. The van der Waals surface area contributed by atoms with E-state index in [-0.39, 0.29) is 6.04 Å². The van der Waals surface area contributed by atoms with Crippen molar-refractivity contribution < 1.29 is 0 Å². The van der Waals surface area contributed by atoms with Crippen molar-refractivity contribution in [2.75, 3.05) is 31.6 Å². The Bertz CT molecular complexity index is 391. The fraction of sp³-hybridized carbons (Fsp3) is 0.643. The van der Waals surface area contributed by atoms with Gasteiger partial charge in [-0.25, -0.2) is 4.98 Å². The predicted molar refractivity (Wildman–Crippen MR) is 75.9 cm³/mol. The van der Waals surface area contributed by atoms with Crippen molar-refractivity contribution in [2.45, 2.75) is 32.4 Å². The molecule has 0 aliphatic carbocycles. The first-order valence-corrected chi connectivity index (χ1v) is 6.72. The molecule has 4 nitrogen and oxygen atoms in total. The molecular formula is C14H24N4. The molecule has 1 aliphatic rings. The number of hydrogen-bond acceptors (Lipinski definition) is 4. The number of anilines is 1. The lowest BCUT2D eigenvalue weighted by Gasteiger charge is -2.39. The molecule has 1 saturated heterocycles. The van der Waals surface area contributed by atoms with Crippen molar-refractivity contribution in [3.8, 4) is 0 Å². The SMILES string of the molecule is CC(N)Cc1cccnc1N1CCN(C)C(C)C1. The molecule has 1 aromatic rings. The van der Waals surface area contributed by atoms with E-state index in [2.05, 4.69) is 34.8 Å². The summed E-state index contributed by atoms with van der Waals surface area (Å²) in [5.74, 6) is 1.12. The second kappa shape index (κ2) is 5.67. The van der Waals surface area contributed by atoms with Gasteiger partial charge in [-0.1, -0.05) is 6.07 Å². The number of pyridine rings is 1. The van der Waals surface area contributed by atoms with E-state index in [1.807, 2.05) is 19.2 Å². The zero-order valence-corrected chi connectivity index (χ0v) is 11.6. The van der Waals surface area contributed by atoms with E-state index in [9.17, 15) is 0 Å². The topological polar surface area (TPSA) is 45.4 Å². The van der Waals surface area contributed by atoms with E-state index >= 15 is 0 Å². The third-order valence-corrected chi connectivity index (χ3v) is 3.67. The Morgan fingerprint density at radius 2 is 2.28 bits per heavy atom. The monoisotopic (exact) mass is 248 g/mol. The first kappa shape index (κ1) is 13.3. The van der Waals surface area contributed by atoms with Crippen LogP contribution in [0.4, 0.5) is 5.82 Å². The quantitative estimate of drug-likeness (QED) is 0.870. The first-order valence-electron chi connectivity index (χ1n) is 6.72. The third-order valence-electron chi connectivity index (χ3n) is 3.67. The lowest BCUT2D eigenvalue weighted by molar-refractivity contribution is 0.233.